The first-order valence-electron chi connectivity index (χ1n) is 6.61. The summed E-state index contributed by atoms with van der Waals surface area (Å²) in [5.74, 6) is 1.83. The van der Waals surface area contributed by atoms with Gasteiger partial charge in [-0.3, -0.25) is 0 Å². The topological polar surface area (TPSA) is 72.2 Å². The van der Waals surface area contributed by atoms with Crippen LogP contribution in [-0.4, -0.2) is 49.0 Å². The van der Waals surface area contributed by atoms with Crippen LogP contribution in [0.2, 0.25) is 0 Å². The SMILES string of the molecule is COCCNCc1nnc(NCCCCCSC)o1. The summed E-state index contributed by atoms with van der Waals surface area (Å²) in [5, 5.41) is 14.2. The fourth-order valence-corrected chi connectivity index (χ4v) is 2.00. The lowest BCUT2D eigenvalue weighted by atomic mass is 10.2. The fraction of sp³-hybridized carbons (Fsp3) is 0.833. The molecule has 0 saturated heterocycles. The zero-order valence-electron chi connectivity index (χ0n) is 11.8. The molecular formula is C12H24N4O2S. The van der Waals surface area contributed by atoms with Crippen LogP contribution >= 0.6 is 11.8 Å². The average molecular weight is 288 g/mol. The lowest BCUT2D eigenvalue weighted by Crippen LogP contribution is -2.18. The molecule has 0 spiro atoms. The molecule has 0 aliphatic carbocycles. The summed E-state index contributed by atoms with van der Waals surface area (Å²) < 4.78 is 10.4. The molecule has 0 bridgehead atoms. The second-order valence-electron chi connectivity index (χ2n) is 4.15. The highest BCUT2D eigenvalue weighted by molar-refractivity contribution is 7.98. The van der Waals surface area contributed by atoms with Gasteiger partial charge in [0.15, 0.2) is 0 Å². The van der Waals surface area contributed by atoms with Crippen LogP contribution < -0.4 is 10.6 Å². The van der Waals surface area contributed by atoms with E-state index < -0.39 is 0 Å². The first-order chi connectivity index (χ1) is 9.36. The van der Waals surface area contributed by atoms with Crippen molar-refractivity contribution < 1.29 is 9.15 Å². The Morgan fingerprint density at radius 2 is 2.11 bits per heavy atom. The third kappa shape index (κ3) is 8.07. The van der Waals surface area contributed by atoms with Crippen molar-refractivity contribution in [3.63, 3.8) is 0 Å². The second-order valence-corrected chi connectivity index (χ2v) is 5.14. The maximum absolute atomic E-state index is 5.45. The molecule has 19 heavy (non-hydrogen) atoms. The monoisotopic (exact) mass is 288 g/mol. The number of nitrogens with one attached hydrogen (secondary N) is 2. The van der Waals surface area contributed by atoms with Gasteiger partial charge in [0.05, 0.1) is 13.2 Å². The van der Waals surface area contributed by atoms with Crippen molar-refractivity contribution in [3.8, 4) is 0 Å². The molecule has 0 radical (unpaired) electrons. The molecule has 0 aliphatic heterocycles. The van der Waals surface area contributed by atoms with E-state index >= 15 is 0 Å². The Labute approximate surface area is 119 Å². The van der Waals surface area contributed by atoms with E-state index in [0.717, 1.165) is 19.5 Å². The molecule has 110 valence electrons. The summed E-state index contributed by atoms with van der Waals surface area (Å²) in [6.45, 7) is 2.91. The number of hydrogen-bond acceptors (Lipinski definition) is 7. The first-order valence-corrected chi connectivity index (χ1v) is 8.01. The number of aromatic nitrogens is 2. The number of ether oxygens (including phenoxy) is 1. The van der Waals surface area contributed by atoms with E-state index in [2.05, 4.69) is 27.1 Å². The third-order valence-corrected chi connectivity index (χ3v) is 3.22. The minimum absolute atomic E-state index is 0.508. The Bertz CT molecular complexity index is 322. The molecule has 0 unspecified atom stereocenters. The van der Waals surface area contributed by atoms with Gasteiger partial charge in [0, 0.05) is 20.2 Å². The van der Waals surface area contributed by atoms with Crippen molar-refractivity contribution in [2.24, 2.45) is 0 Å². The van der Waals surface area contributed by atoms with Crippen molar-refractivity contribution in [2.45, 2.75) is 25.8 Å². The van der Waals surface area contributed by atoms with Crippen LogP contribution in [0.4, 0.5) is 6.01 Å². The highest BCUT2D eigenvalue weighted by atomic mass is 32.2. The number of methoxy groups -OCH3 is 1. The van der Waals surface area contributed by atoms with E-state index in [1.807, 2.05) is 11.8 Å². The van der Waals surface area contributed by atoms with Gasteiger partial charge in [0.25, 0.3) is 0 Å². The normalized spacial score (nSPS) is 10.8. The molecule has 0 amide bonds. The quantitative estimate of drug-likeness (QED) is 0.568. The average Bonchev–Trinajstić information content (AvgIpc) is 2.87. The molecule has 1 aromatic rings. The highest BCUT2D eigenvalue weighted by Gasteiger charge is 2.04. The van der Waals surface area contributed by atoms with Gasteiger partial charge in [-0.2, -0.15) is 11.8 Å². The van der Waals surface area contributed by atoms with Crippen molar-refractivity contribution >= 4 is 17.8 Å². The van der Waals surface area contributed by atoms with Crippen molar-refractivity contribution in [3.05, 3.63) is 5.89 Å². The van der Waals surface area contributed by atoms with Gasteiger partial charge in [0.1, 0.15) is 0 Å². The number of anilines is 1. The van der Waals surface area contributed by atoms with Gasteiger partial charge in [-0.25, -0.2) is 0 Å². The predicted molar refractivity (Wildman–Crippen MR) is 78.6 cm³/mol. The smallest absolute Gasteiger partial charge is 0.315 e. The van der Waals surface area contributed by atoms with Crippen molar-refractivity contribution in [1.82, 2.24) is 15.5 Å². The van der Waals surface area contributed by atoms with E-state index in [4.69, 9.17) is 9.15 Å². The molecule has 2 N–H and O–H groups in total. The van der Waals surface area contributed by atoms with Crippen LogP contribution in [-0.2, 0) is 11.3 Å². The number of hydrogen-bond donors (Lipinski definition) is 2. The summed E-state index contributed by atoms with van der Waals surface area (Å²) >= 11 is 1.89. The van der Waals surface area contributed by atoms with Gasteiger partial charge in [-0.15, -0.1) is 5.10 Å². The Balaban J connectivity index is 2.06. The highest BCUT2D eigenvalue weighted by Crippen LogP contribution is 2.06. The van der Waals surface area contributed by atoms with Crippen LogP contribution in [0.15, 0.2) is 4.42 Å². The number of unbranched alkanes of at least 4 members (excludes halogenated alkanes) is 2. The van der Waals surface area contributed by atoms with E-state index in [0.29, 0.717) is 25.1 Å². The van der Waals surface area contributed by atoms with Gasteiger partial charge in [-0.05, 0) is 24.9 Å². The third-order valence-electron chi connectivity index (χ3n) is 2.53. The number of rotatable bonds is 12. The summed E-state index contributed by atoms with van der Waals surface area (Å²) in [5.41, 5.74) is 0. The van der Waals surface area contributed by atoms with Crippen molar-refractivity contribution in [2.75, 3.05) is 44.1 Å². The van der Waals surface area contributed by atoms with Crippen LogP contribution in [0.25, 0.3) is 0 Å². The molecule has 1 rings (SSSR count). The van der Waals surface area contributed by atoms with Crippen LogP contribution in [0.3, 0.4) is 0 Å². The molecule has 0 saturated carbocycles. The van der Waals surface area contributed by atoms with Gasteiger partial charge < -0.3 is 19.8 Å². The van der Waals surface area contributed by atoms with E-state index in [1.165, 1.54) is 18.6 Å². The maximum Gasteiger partial charge on any atom is 0.315 e. The molecule has 0 atom stereocenters. The minimum Gasteiger partial charge on any atom is -0.407 e. The van der Waals surface area contributed by atoms with Crippen molar-refractivity contribution in [1.29, 1.82) is 0 Å². The fourth-order valence-electron chi connectivity index (χ4n) is 1.51. The summed E-state index contributed by atoms with van der Waals surface area (Å²) in [6.07, 6.45) is 5.76. The number of nitrogens with zero attached hydrogens (tertiary/aromatic N) is 2. The maximum atomic E-state index is 5.45. The van der Waals surface area contributed by atoms with Gasteiger partial charge in [0.2, 0.25) is 5.89 Å². The zero-order valence-corrected chi connectivity index (χ0v) is 12.6. The standard InChI is InChI=1S/C12H24N4O2S/c1-17-8-7-13-10-11-15-16-12(18-11)14-6-4-3-5-9-19-2/h13H,3-10H2,1-2H3,(H,14,16). The van der Waals surface area contributed by atoms with E-state index in [-0.39, 0.29) is 0 Å². The Hall–Kier alpha value is -0.790. The van der Waals surface area contributed by atoms with Gasteiger partial charge in [-0.1, -0.05) is 11.5 Å². The van der Waals surface area contributed by atoms with E-state index in [9.17, 15) is 0 Å². The first kappa shape index (κ1) is 16.3. The molecule has 6 nitrogen and oxygen atoms in total. The second kappa shape index (κ2) is 11.1. The summed E-state index contributed by atoms with van der Waals surface area (Å²) in [4.78, 5) is 0. The largest absolute Gasteiger partial charge is 0.407 e. The summed E-state index contributed by atoms with van der Waals surface area (Å²) in [7, 11) is 1.68. The van der Waals surface area contributed by atoms with Gasteiger partial charge >= 0.3 is 6.01 Å². The lowest BCUT2D eigenvalue weighted by Gasteiger charge is -2.01. The lowest BCUT2D eigenvalue weighted by molar-refractivity contribution is 0.198. The van der Waals surface area contributed by atoms with E-state index in [1.54, 1.807) is 7.11 Å². The molecule has 0 aromatic carbocycles. The zero-order chi connectivity index (χ0) is 13.8. The molecule has 1 aromatic heterocycles. The minimum atomic E-state index is 0.508. The van der Waals surface area contributed by atoms with Crippen LogP contribution in [0, 0.1) is 0 Å². The molecule has 1 heterocycles. The molecule has 0 aliphatic rings. The summed E-state index contributed by atoms with van der Waals surface area (Å²) in [6, 6.07) is 0.508. The Morgan fingerprint density at radius 1 is 1.21 bits per heavy atom. The Kier molecular flexibility index (Phi) is 9.48. The molecular weight excluding hydrogens is 264 g/mol. The van der Waals surface area contributed by atoms with Crippen LogP contribution in [0.5, 0.6) is 0 Å². The number of thioether (sulfide) groups is 1. The predicted octanol–water partition coefficient (Wildman–Crippen LogP) is 1.75. The van der Waals surface area contributed by atoms with Crippen LogP contribution in [0.1, 0.15) is 25.2 Å². The Morgan fingerprint density at radius 3 is 2.89 bits per heavy atom. The molecule has 7 heteroatoms. The molecule has 0 fully saturated rings.